The van der Waals surface area contributed by atoms with E-state index in [0.29, 0.717) is 12.2 Å². The maximum Gasteiger partial charge on any atom is 0.339 e. The predicted octanol–water partition coefficient (Wildman–Crippen LogP) is 2.88. The number of nitrogens with zero attached hydrogens (tertiary/aromatic N) is 2. The van der Waals surface area contributed by atoms with Crippen LogP contribution in [-0.2, 0) is 4.74 Å². The number of hydrogen-bond donors (Lipinski definition) is 0. The van der Waals surface area contributed by atoms with Crippen LogP contribution in [0.25, 0.3) is 0 Å². The van der Waals surface area contributed by atoms with Crippen LogP contribution >= 0.6 is 0 Å². The highest BCUT2D eigenvalue weighted by molar-refractivity contribution is 5.89. The van der Waals surface area contributed by atoms with Crippen molar-refractivity contribution in [2.75, 3.05) is 24.6 Å². The van der Waals surface area contributed by atoms with Gasteiger partial charge >= 0.3 is 5.97 Å². The number of ether oxygens (including phenoxy) is 1. The summed E-state index contributed by atoms with van der Waals surface area (Å²) in [7, 11) is 0. The van der Waals surface area contributed by atoms with Crippen LogP contribution in [0.4, 0.5) is 5.82 Å². The van der Waals surface area contributed by atoms with E-state index in [0.717, 1.165) is 24.8 Å². The van der Waals surface area contributed by atoms with Crippen LogP contribution in [0.15, 0.2) is 18.3 Å². The van der Waals surface area contributed by atoms with Crippen molar-refractivity contribution in [3.8, 4) is 0 Å². The number of carbonyl (C=O) groups is 1. The monoisotopic (exact) mass is 262 g/mol. The normalized spacial score (nSPS) is 19.3. The summed E-state index contributed by atoms with van der Waals surface area (Å²) in [6.45, 7) is 6.57. The molecule has 0 bridgehead atoms. The second-order valence-electron chi connectivity index (χ2n) is 4.99. The number of pyridine rings is 1. The highest BCUT2D eigenvalue weighted by atomic mass is 16.5. The molecule has 0 radical (unpaired) electrons. The fourth-order valence-corrected chi connectivity index (χ4v) is 2.51. The summed E-state index contributed by atoms with van der Waals surface area (Å²) in [6, 6.07) is 3.72. The molecule has 0 spiro atoms. The molecule has 2 heterocycles. The lowest BCUT2D eigenvalue weighted by Gasteiger charge is -2.33. The Morgan fingerprint density at radius 2 is 2.32 bits per heavy atom. The highest BCUT2D eigenvalue weighted by Crippen LogP contribution is 2.23. The summed E-state index contributed by atoms with van der Waals surface area (Å²) in [5, 5.41) is 0. The van der Waals surface area contributed by atoms with Gasteiger partial charge in [-0.2, -0.15) is 0 Å². The zero-order chi connectivity index (χ0) is 13.7. The van der Waals surface area contributed by atoms with Crippen molar-refractivity contribution in [3.63, 3.8) is 0 Å². The molecule has 0 aromatic carbocycles. The van der Waals surface area contributed by atoms with E-state index in [1.165, 1.54) is 19.3 Å². The third-order valence-corrected chi connectivity index (χ3v) is 3.68. The molecule has 19 heavy (non-hydrogen) atoms. The molecule has 0 saturated carbocycles. The van der Waals surface area contributed by atoms with Gasteiger partial charge in [0.25, 0.3) is 0 Å². The Morgan fingerprint density at radius 1 is 1.47 bits per heavy atom. The molecule has 4 heteroatoms. The van der Waals surface area contributed by atoms with Crippen molar-refractivity contribution in [3.05, 3.63) is 23.9 Å². The first-order valence-corrected chi connectivity index (χ1v) is 7.12. The Balaban J connectivity index is 2.03. The second kappa shape index (κ2) is 6.55. The smallest absolute Gasteiger partial charge is 0.339 e. The maximum atomic E-state index is 11.6. The van der Waals surface area contributed by atoms with Gasteiger partial charge in [0.2, 0.25) is 0 Å². The van der Waals surface area contributed by atoms with Crippen LogP contribution in [0.2, 0.25) is 0 Å². The van der Waals surface area contributed by atoms with Gasteiger partial charge in [-0.05, 0) is 37.8 Å². The minimum atomic E-state index is -0.299. The molecule has 4 nitrogen and oxygen atoms in total. The van der Waals surface area contributed by atoms with Gasteiger partial charge in [0.1, 0.15) is 5.82 Å². The Kier molecular flexibility index (Phi) is 4.77. The molecular formula is C15H22N2O2. The number of carbonyl (C=O) groups excluding carboxylic acids is 1. The van der Waals surface area contributed by atoms with E-state index in [-0.39, 0.29) is 5.97 Å². The molecule has 104 valence electrons. The fraction of sp³-hybridized carbons (Fsp3) is 0.600. The van der Waals surface area contributed by atoms with Crippen molar-refractivity contribution in [2.24, 2.45) is 5.92 Å². The van der Waals surface area contributed by atoms with E-state index >= 15 is 0 Å². The molecule has 1 unspecified atom stereocenters. The van der Waals surface area contributed by atoms with Gasteiger partial charge in [-0.3, -0.25) is 0 Å². The lowest BCUT2D eigenvalue weighted by Crippen LogP contribution is -2.35. The Hall–Kier alpha value is -1.58. The molecule has 0 N–H and O–H groups in total. The van der Waals surface area contributed by atoms with Gasteiger partial charge in [0.15, 0.2) is 0 Å². The van der Waals surface area contributed by atoms with E-state index in [1.54, 1.807) is 19.2 Å². The van der Waals surface area contributed by atoms with Gasteiger partial charge in [-0.25, -0.2) is 9.78 Å². The van der Waals surface area contributed by atoms with Crippen LogP contribution in [0.1, 0.15) is 43.5 Å². The topological polar surface area (TPSA) is 42.4 Å². The molecule has 0 amide bonds. The molecule has 2 rings (SSSR count). The standard InChI is InChI=1S/C15H22N2O2/c1-3-12-6-5-9-17(11-12)14-8-7-13(10-16-14)15(18)19-4-2/h7-8,10,12H,3-6,9,11H2,1-2H3. The average Bonchev–Trinajstić information content (AvgIpc) is 2.48. The number of rotatable bonds is 4. The van der Waals surface area contributed by atoms with Crippen molar-refractivity contribution >= 4 is 11.8 Å². The molecule has 1 atom stereocenters. The summed E-state index contributed by atoms with van der Waals surface area (Å²) >= 11 is 0. The second-order valence-corrected chi connectivity index (χ2v) is 4.99. The van der Waals surface area contributed by atoms with Gasteiger partial charge in [0.05, 0.1) is 12.2 Å². The summed E-state index contributed by atoms with van der Waals surface area (Å²) in [6.07, 6.45) is 5.37. The van der Waals surface area contributed by atoms with Gasteiger partial charge in [-0.15, -0.1) is 0 Å². The van der Waals surface area contributed by atoms with Gasteiger partial charge < -0.3 is 9.64 Å². The van der Waals surface area contributed by atoms with Crippen molar-refractivity contribution < 1.29 is 9.53 Å². The van der Waals surface area contributed by atoms with E-state index in [4.69, 9.17) is 4.74 Å². The number of hydrogen-bond acceptors (Lipinski definition) is 4. The molecule has 1 fully saturated rings. The summed E-state index contributed by atoms with van der Waals surface area (Å²) < 4.78 is 4.96. The summed E-state index contributed by atoms with van der Waals surface area (Å²) in [4.78, 5) is 18.3. The SMILES string of the molecule is CCOC(=O)c1ccc(N2CCCC(CC)C2)nc1. The zero-order valence-electron chi connectivity index (χ0n) is 11.8. The first-order valence-electron chi connectivity index (χ1n) is 7.12. The highest BCUT2D eigenvalue weighted by Gasteiger charge is 2.19. The van der Waals surface area contributed by atoms with Crippen LogP contribution < -0.4 is 4.90 Å². The van der Waals surface area contributed by atoms with Crippen LogP contribution in [0.3, 0.4) is 0 Å². The molecule has 1 aromatic rings. The molecule has 1 aromatic heterocycles. The Morgan fingerprint density at radius 3 is 2.95 bits per heavy atom. The quantitative estimate of drug-likeness (QED) is 0.782. The third-order valence-electron chi connectivity index (χ3n) is 3.68. The van der Waals surface area contributed by atoms with Gasteiger partial charge in [-0.1, -0.05) is 13.3 Å². The van der Waals surface area contributed by atoms with Crippen molar-refractivity contribution in [1.82, 2.24) is 4.98 Å². The Bertz CT molecular complexity index is 417. The number of anilines is 1. The summed E-state index contributed by atoms with van der Waals surface area (Å²) in [5.41, 5.74) is 0.523. The minimum Gasteiger partial charge on any atom is -0.462 e. The van der Waals surface area contributed by atoms with Crippen molar-refractivity contribution in [2.45, 2.75) is 33.1 Å². The van der Waals surface area contributed by atoms with Crippen LogP contribution in [-0.4, -0.2) is 30.6 Å². The summed E-state index contributed by atoms with van der Waals surface area (Å²) in [5.74, 6) is 1.43. The first-order chi connectivity index (χ1) is 9.24. The third kappa shape index (κ3) is 3.46. The maximum absolute atomic E-state index is 11.6. The minimum absolute atomic E-state index is 0.299. The van der Waals surface area contributed by atoms with Crippen molar-refractivity contribution in [1.29, 1.82) is 0 Å². The van der Waals surface area contributed by atoms with E-state index in [9.17, 15) is 4.79 Å². The van der Waals surface area contributed by atoms with E-state index < -0.39 is 0 Å². The molecule has 1 saturated heterocycles. The van der Waals surface area contributed by atoms with E-state index in [2.05, 4.69) is 16.8 Å². The fourth-order valence-electron chi connectivity index (χ4n) is 2.51. The lowest BCUT2D eigenvalue weighted by molar-refractivity contribution is 0.0526. The zero-order valence-corrected chi connectivity index (χ0v) is 11.8. The predicted molar refractivity (Wildman–Crippen MR) is 75.4 cm³/mol. The number of esters is 1. The largest absolute Gasteiger partial charge is 0.462 e. The number of aromatic nitrogens is 1. The molecular weight excluding hydrogens is 240 g/mol. The van der Waals surface area contributed by atoms with E-state index in [1.807, 2.05) is 6.07 Å². The van der Waals surface area contributed by atoms with Crippen LogP contribution in [0, 0.1) is 5.92 Å². The molecule has 0 aliphatic carbocycles. The van der Waals surface area contributed by atoms with Crippen LogP contribution in [0.5, 0.6) is 0 Å². The average molecular weight is 262 g/mol. The first kappa shape index (κ1) is 13.8. The lowest BCUT2D eigenvalue weighted by atomic mass is 9.96. The Labute approximate surface area is 114 Å². The molecule has 1 aliphatic heterocycles. The number of piperidine rings is 1. The van der Waals surface area contributed by atoms with Gasteiger partial charge in [0, 0.05) is 19.3 Å². The molecule has 1 aliphatic rings.